The molecule has 0 fully saturated rings. The summed E-state index contributed by atoms with van der Waals surface area (Å²) in [4.78, 5) is 3.86. The second-order valence-electron chi connectivity index (χ2n) is 9.70. The van der Waals surface area contributed by atoms with E-state index in [1.54, 1.807) is 0 Å². The fourth-order valence-electron chi connectivity index (χ4n) is 5.13. The van der Waals surface area contributed by atoms with Crippen LogP contribution in [-0.2, 0) is 0 Å². The molecule has 0 aromatic heterocycles. The molecule has 0 aromatic carbocycles. The van der Waals surface area contributed by atoms with E-state index in [4.69, 9.17) is 0 Å². The molecule has 0 heterocycles. The highest BCUT2D eigenvalue weighted by Gasteiger charge is 2.47. The summed E-state index contributed by atoms with van der Waals surface area (Å²) in [6.45, 7) is 24.3. The summed E-state index contributed by atoms with van der Waals surface area (Å²) in [6, 6.07) is 0.445. The number of nitrogens with zero attached hydrogens (tertiary/aromatic N) is 2. The molecule has 0 radical (unpaired) electrons. The van der Waals surface area contributed by atoms with E-state index in [1.165, 1.54) is 0 Å². The van der Waals surface area contributed by atoms with Gasteiger partial charge in [-0.2, -0.15) is 0 Å². The quantitative estimate of drug-likeness (QED) is 0.340. The highest BCUT2D eigenvalue weighted by Crippen LogP contribution is 2.49. The largest absolute Gasteiger partial charge is 0.443 e. The Kier molecular flexibility index (Phi) is 9.02. The van der Waals surface area contributed by atoms with Crippen molar-refractivity contribution >= 4 is 14.2 Å². The van der Waals surface area contributed by atoms with Gasteiger partial charge in [0.25, 0.3) is 0 Å². The molecule has 0 amide bonds. The van der Waals surface area contributed by atoms with Gasteiger partial charge in [-0.3, -0.25) is 0 Å². The predicted molar refractivity (Wildman–Crippen MR) is 122 cm³/mol. The van der Waals surface area contributed by atoms with E-state index < -0.39 is 14.2 Å². The summed E-state index contributed by atoms with van der Waals surface area (Å²) in [5, 5.41) is 0. The van der Waals surface area contributed by atoms with E-state index in [2.05, 4.69) is 0 Å². The fraction of sp³-hybridized carbons (Fsp3) is 0.818. The predicted octanol–water partition coefficient (Wildman–Crippen LogP) is 6.57. The number of hydrogen-bond acceptors (Lipinski definition) is 2. The highest BCUT2D eigenvalue weighted by molar-refractivity contribution is 6.54. The lowest BCUT2D eigenvalue weighted by atomic mass is 9.50. The zero-order valence-electron chi connectivity index (χ0n) is 20.3. The standard InChI is InChI=1S/C22H42B2F2N2/c1-13(2)27(14(3)4)23(25)21-17(9)19(11)22(20(12)18(21)10)24(26)28(15(5)6)16(7)8/h13-16,21-22H,1-12H3. The van der Waals surface area contributed by atoms with Crippen LogP contribution in [0, 0.1) is 0 Å². The van der Waals surface area contributed by atoms with Crippen LogP contribution in [0.15, 0.2) is 22.3 Å². The summed E-state index contributed by atoms with van der Waals surface area (Å²) in [5.74, 6) is -0.611. The van der Waals surface area contributed by atoms with Crippen molar-refractivity contribution in [2.75, 3.05) is 0 Å². The van der Waals surface area contributed by atoms with Gasteiger partial charge >= 0.3 is 14.2 Å². The van der Waals surface area contributed by atoms with Crippen molar-refractivity contribution in [2.45, 2.75) is 119 Å². The molecule has 1 aliphatic rings. The first-order valence-electron chi connectivity index (χ1n) is 10.9. The molecule has 0 saturated carbocycles. The molecule has 0 unspecified atom stereocenters. The van der Waals surface area contributed by atoms with Gasteiger partial charge < -0.3 is 18.3 Å². The Balaban J connectivity index is 3.40. The van der Waals surface area contributed by atoms with Crippen molar-refractivity contribution in [1.29, 1.82) is 0 Å². The molecule has 0 saturated heterocycles. The Hall–Kier alpha value is -0.610. The Labute approximate surface area is 174 Å². The Morgan fingerprint density at radius 1 is 0.536 bits per heavy atom. The maximum absolute atomic E-state index is 15.8. The first-order chi connectivity index (χ1) is 12.7. The minimum absolute atomic E-state index is 0.111. The van der Waals surface area contributed by atoms with Gasteiger partial charge in [0.2, 0.25) is 0 Å². The van der Waals surface area contributed by atoms with Crippen LogP contribution in [0.1, 0.15) is 83.1 Å². The van der Waals surface area contributed by atoms with Crippen molar-refractivity contribution in [1.82, 2.24) is 9.62 Å². The zero-order valence-corrected chi connectivity index (χ0v) is 20.3. The van der Waals surface area contributed by atoms with Crippen LogP contribution in [-0.4, -0.2) is 48.0 Å². The van der Waals surface area contributed by atoms with Gasteiger partial charge in [0.1, 0.15) is 0 Å². The molecule has 6 heteroatoms. The number of allylic oxidation sites excluding steroid dienone is 4. The summed E-state index contributed by atoms with van der Waals surface area (Å²) in [7, 11) is -2.20. The number of halogens is 2. The van der Waals surface area contributed by atoms with Crippen LogP contribution in [0.3, 0.4) is 0 Å². The van der Waals surface area contributed by atoms with Gasteiger partial charge in [0, 0.05) is 11.6 Å². The molecule has 2 nitrogen and oxygen atoms in total. The lowest BCUT2D eigenvalue weighted by Crippen LogP contribution is -2.51. The van der Waals surface area contributed by atoms with Gasteiger partial charge in [-0.25, -0.2) is 0 Å². The normalized spacial score (nSPS) is 21.4. The monoisotopic (exact) mass is 394 g/mol. The van der Waals surface area contributed by atoms with E-state index in [0.717, 1.165) is 22.3 Å². The van der Waals surface area contributed by atoms with E-state index in [-0.39, 0.29) is 35.8 Å². The third-order valence-corrected chi connectivity index (χ3v) is 6.61. The molecule has 160 valence electrons. The smallest absolute Gasteiger partial charge is 0.310 e. The second-order valence-corrected chi connectivity index (χ2v) is 9.70. The minimum Gasteiger partial charge on any atom is -0.310 e. The van der Waals surface area contributed by atoms with Gasteiger partial charge in [-0.05, 0) is 51.9 Å². The van der Waals surface area contributed by atoms with Crippen molar-refractivity contribution in [3.63, 3.8) is 0 Å². The lowest BCUT2D eigenvalue weighted by Gasteiger charge is -2.42. The SMILES string of the molecule is CC1=C(C)C(B(F)N(C(C)C)C(C)C)C(C)=C(C)C1B(F)N(C(C)C)C(C)C. The molecule has 1 aliphatic carbocycles. The van der Waals surface area contributed by atoms with Crippen LogP contribution >= 0.6 is 0 Å². The Morgan fingerprint density at radius 2 is 0.714 bits per heavy atom. The molecule has 0 aliphatic heterocycles. The third kappa shape index (κ3) is 4.92. The van der Waals surface area contributed by atoms with Crippen molar-refractivity contribution in [2.24, 2.45) is 0 Å². The van der Waals surface area contributed by atoms with Gasteiger partial charge in [-0.1, -0.05) is 77.7 Å². The van der Waals surface area contributed by atoms with Crippen LogP contribution in [0.25, 0.3) is 0 Å². The molecule has 0 N–H and O–H groups in total. The average molecular weight is 394 g/mol. The van der Waals surface area contributed by atoms with Gasteiger partial charge in [-0.15, -0.1) is 0 Å². The first-order valence-corrected chi connectivity index (χ1v) is 10.9. The molecule has 1 rings (SSSR count). The number of hydrogen-bond donors (Lipinski definition) is 0. The summed E-state index contributed by atoms with van der Waals surface area (Å²) in [6.07, 6.45) is 0. The summed E-state index contributed by atoms with van der Waals surface area (Å²) >= 11 is 0. The molecule has 28 heavy (non-hydrogen) atoms. The third-order valence-electron chi connectivity index (χ3n) is 6.61. The van der Waals surface area contributed by atoms with Gasteiger partial charge in [0.05, 0.1) is 0 Å². The van der Waals surface area contributed by atoms with E-state index >= 15 is 8.63 Å². The second kappa shape index (κ2) is 9.93. The lowest BCUT2D eigenvalue weighted by molar-refractivity contribution is 0.277. The van der Waals surface area contributed by atoms with Crippen LogP contribution in [0.2, 0.25) is 11.6 Å². The highest BCUT2D eigenvalue weighted by atomic mass is 19.1. The van der Waals surface area contributed by atoms with Gasteiger partial charge in [0.15, 0.2) is 0 Å². The van der Waals surface area contributed by atoms with Crippen molar-refractivity contribution in [3.8, 4) is 0 Å². The minimum atomic E-state index is -1.10. The maximum atomic E-state index is 15.8. The van der Waals surface area contributed by atoms with E-state index in [9.17, 15) is 0 Å². The fourth-order valence-corrected chi connectivity index (χ4v) is 5.13. The molecule has 0 bridgehead atoms. The first kappa shape index (κ1) is 25.4. The Bertz CT molecular complexity index is 507. The van der Waals surface area contributed by atoms with Crippen molar-refractivity contribution in [3.05, 3.63) is 22.3 Å². The van der Waals surface area contributed by atoms with Crippen LogP contribution in [0.4, 0.5) is 8.63 Å². The van der Waals surface area contributed by atoms with E-state index in [0.29, 0.717) is 0 Å². The average Bonchev–Trinajstić information content (AvgIpc) is 2.51. The summed E-state index contributed by atoms with van der Waals surface area (Å²) < 4.78 is 31.6. The molecule has 0 aromatic rings. The Morgan fingerprint density at radius 3 is 0.857 bits per heavy atom. The zero-order chi connectivity index (χ0) is 22.1. The van der Waals surface area contributed by atoms with Crippen LogP contribution < -0.4 is 0 Å². The molecule has 0 atom stereocenters. The molecular formula is C22H42B2F2N2. The van der Waals surface area contributed by atoms with E-state index in [1.807, 2.05) is 92.7 Å². The number of rotatable bonds is 8. The summed E-state index contributed by atoms with van der Waals surface area (Å²) in [5.41, 5.74) is 3.95. The molecular weight excluding hydrogens is 352 g/mol. The topological polar surface area (TPSA) is 6.48 Å². The maximum Gasteiger partial charge on any atom is 0.443 e. The van der Waals surface area contributed by atoms with Crippen LogP contribution in [0.5, 0.6) is 0 Å². The molecule has 0 spiro atoms. The van der Waals surface area contributed by atoms with Crippen molar-refractivity contribution < 1.29 is 8.63 Å².